The molecule has 1 aliphatic heterocycles. The van der Waals surface area contributed by atoms with Gasteiger partial charge >= 0.3 is 5.97 Å². The fraction of sp³-hybridized carbons (Fsp3) is 0.462. The fourth-order valence-corrected chi connectivity index (χ4v) is 3.64. The lowest BCUT2D eigenvalue weighted by Crippen LogP contribution is -2.29. The molecule has 0 amide bonds. The van der Waals surface area contributed by atoms with Crippen LogP contribution in [0.5, 0.6) is 0 Å². The minimum atomic E-state index is -3.76. The van der Waals surface area contributed by atoms with Gasteiger partial charge in [0.1, 0.15) is 0 Å². The lowest BCUT2D eigenvalue weighted by molar-refractivity contribution is -0.136. The van der Waals surface area contributed by atoms with Gasteiger partial charge in [-0.1, -0.05) is 12.1 Å². The number of β-amino-alcohol motifs (C(OH)–C–C–N with tert-alkyl or cyclic N) is 2. The molecule has 0 aliphatic carbocycles. The van der Waals surface area contributed by atoms with Crippen LogP contribution >= 0.6 is 0 Å². The Morgan fingerprint density at radius 3 is 2.14 bits per heavy atom. The summed E-state index contributed by atoms with van der Waals surface area (Å²) in [6, 6.07) is 5.95. The van der Waals surface area contributed by atoms with E-state index < -0.39 is 28.2 Å². The lowest BCUT2D eigenvalue weighted by Gasteiger charge is -2.15. The number of carboxylic acid groups (broad SMARTS) is 1. The molecule has 1 fully saturated rings. The van der Waals surface area contributed by atoms with Crippen LogP contribution in [-0.2, 0) is 21.2 Å². The minimum absolute atomic E-state index is 0.0173. The number of carboxylic acids is 1. The standard InChI is InChI=1S/C13H17NO6S/c15-11-7-14(8-12(11)16)21(19,20)10-4-1-9(2-5-10)3-6-13(17)18/h1-2,4-5,11-12,15-16H,3,6-8H2,(H,17,18)/t11-,12+. The van der Waals surface area contributed by atoms with Crippen LogP contribution in [0, 0.1) is 0 Å². The molecule has 116 valence electrons. The summed E-state index contributed by atoms with van der Waals surface area (Å²) in [7, 11) is -3.76. The maximum atomic E-state index is 12.3. The molecule has 8 heteroatoms. The normalized spacial score (nSPS) is 23.3. The van der Waals surface area contributed by atoms with E-state index in [9.17, 15) is 23.4 Å². The maximum absolute atomic E-state index is 12.3. The van der Waals surface area contributed by atoms with Gasteiger partial charge in [0.25, 0.3) is 0 Å². The zero-order valence-corrected chi connectivity index (χ0v) is 12.0. The maximum Gasteiger partial charge on any atom is 0.303 e. The first-order chi connectivity index (χ1) is 9.80. The molecule has 1 saturated heterocycles. The van der Waals surface area contributed by atoms with E-state index in [2.05, 4.69) is 0 Å². The molecule has 21 heavy (non-hydrogen) atoms. The number of aliphatic carboxylic acids is 1. The van der Waals surface area contributed by atoms with Crippen molar-refractivity contribution in [1.82, 2.24) is 4.31 Å². The highest BCUT2D eigenvalue weighted by Gasteiger charge is 2.37. The number of benzene rings is 1. The van der Waals surface area contributed by atoms with Crippen molar-refractivity contribution in [2.45, 2.75) is 29.9 Å². The SMILES string of the molecule is O=C(O)CCc1ccc(S(=O)(=O)N2C[C@@H](O)[C@@H](O)C2)cc1. The second-order valence-corrected chi connectivity index (χ2v) is 6.93. The second-order valence-electron chi connectivity index (χ2n) is 4.99. The highest BCUT2D eigenvalue weighted by atomic mass is 32.2. The average Bonchev–Trinajstić information content (AvgIpc) is 2.77. The molecule has 0 spiro atoms. The Labute approximate surface area is 122 Å². The van der Waals surface area contributed by atoms with Crippen LogP contribution in [0.1, 0.15) is 12.0 Å². The van der Waals surface area contributed by atoms with Crippen LogP contribution in [0.15, 0.2) is 29.2 Å². The Balaban J connectivity index is 2.12. The average molecular weight is 315 g/mol. The summed E-state index contributed by atoms with van der Waals surface area (Å²) >= 11 is 0. The van der Waals surface area contributed by atoms with Gasteiger partial charge in [-0.2, -0.15) is 4.31 Å². The van der Waals surface area contributed by atoms with Gasteiger partial charge in [-0.25, -0.2) is 8.42 Å². The highest BCUT2D eigenvalue weighted by molar-refractivity contribution is 7.89. The van der Waals surface area contributed by atoms with Crippen molar-refractivity contribution in [3.8, 4) is 0 Å². The number of hydrogen-bond acceptors (Lipinski definition) is 5. The molecule has 2 rings (SSSR count). The Bertz CT molecular complexity index is 602. The number of aliphatic hydroxyl groups is 2. The molecule has 0 radical (unpaired) electrons. The first kappa shape index (κ1) is 15.9. The largest absolute Gasteiger partial charge is 0.481 e. The van der Waals surface area contributed by atoms with Crippen LogP contribution in [-0.4, -0.2) is 59.3 Å². The lowest BCUT2D eigenvalue weighted by atomic mass is 10.1. The van der Waals surface area contributed by atoms with E-state index in [1.165, 1.54) is 12.1 Å². The second kappa shape index (κ2) is 6.10. The fourth-order valence-electron chi connectivity index (χ4n) is 2.16. The summed E-state index contributed by atoms with van der Waals surface area (Å²) in [5.74, 6) is -0.910. The Hall–Kier alpha value is -1.48. The number of aryl methyl sites for hydroxylation is 1. The van der Waals surface area contributed by atoms with Crippen molar-refractivity contribution in [2.24, 2.45) is 0 Å². The Kier molecular flexibility index (Phi) is 4.62. The monoisotopic (exact) mass is 315 g/mol. The molecule has 7 nitrogen and oxygen atoms in total. The van der Waals surface area contributed by atoms with Crippen molar-refractivity contribution in [1.29, 1.82) is 0 Å². The first-order valence-corrected chi connectivity index (χ1v) is 7.91. The van der Waals surface area contributed by atoms with Gasteiger partial charge in [-0.3, -0.25) is 4.79 Å². The van der Waals surface area contributed by atoms with Crippen LogP contribution in [0.4, 0.5) is 0 Å². The Morgan fingerprint density at radius 1 is 1.14 bits per heavy atom. The smallest absolute Gasteiger partial charge is 0.303 e. The topological polar surface area (TPSA) is 115 Å². The van der Waals surface area contributed by atoms with Crippen LogP contribution < -0.4 is 0 Å². The molecule has 1 heterocycles. The number of carbonyl (C=O) groups is 1. The van der Waals surface area contributed by atoms with Gasteiger partial charge in [-0.05, 0) is 24.1 Å². The molecule has 1 aromatic rings. The van der Waals surface area contributed by atoms with Gasteiger partial charge in [0.05, 0.1) is 17.1 Å². The summed E-state index contributed by atoms with van der Waals surface area (Å²) < 4.78 is 25.7. The summed E-state index contributed by atoms with van der Waals surface area (Å²) in [6.07, 6.45) is -1.84. The number of rotatable bonds is 5. The predicted octanol–water partition coefficient (Wildman–Crippen LogP) is -0.570. The molecule has 0 saturated carbocycles. The quantitative estimate of drug-likeness (QED) is 0.670. The molecule has 1 aliphatic rings. The van der Waals surface area contributed by atoms with Crippen LogP contribution in [0.25, 0.3) is 0 Å². The number of nitrogens with zero attached hydrogens (tertiary/aromatic N) is 1. The third-order valence-electron chi connectivity index (χ3n) is 3.41. The zero-order valence-electron chi connectivity index (χ0n) is 11.2. The molecule has 0 unspecified atom stereocenters. The number of sulfonamides is 1. The van der Waals surface area contributed by atoms with E-state index >= 15 is 0 Å². The summed E-state index contributed by atoms with van der Waals surface area (Å²) in [5.41, 5.74) is 0.734. The van der Waals surface area contributed by atoms with E-state index in [4.69, 9.17) is 5.11 Å². The van der Waals surface area contributed by atoms with E-state index in [0.717, 1.165) is 9.87 Å². The third kappa shape index (κ3) is 3.59. The highest BCUT2D eigenvalue weighted by Crippen LogP contribution is 2.22. The van der Waals surface area contributed by atoms with E-state index in [1.54, 1.807) is 12.1 Å². The zero-order chi connectivity index (χ0) is 15.6. The Morgan fingerprint density at radius 2 is 1.67 bits per heavy atom. The summed E-state index contributed by atoms with van der Waals surface area (Å²) in [4.78, 5) is 10.5. The summed E-state index contributed by atoms with van der Waals surface area (Å²) in [5, 5.41) is 27.5. The minimum Gasteiger partial charge on any atom is -0.481 e. The number of hydrogen-bond donors (Lipinski definition) is 3. The predicted molar refractivity (Wildman–Crippen MR) is 73.2 cm³/mol. The molecule has 3 N–H and O–H groups in total. The van der Waals surface area contributed by atoms with Crippen LogP contribution in [0.2, 0.25) is 0 Å². The molecule has 2 atom stereocenters. The van der Waals surface area contributed by atoms with Gasteiger partial charge in [0, 0.05) is 19.5 Å². The van der Waals surface area contributed by atoms with E-state index in [0.29, 0.717) is 6.42 Å². The van der Waals surface area contributed by atoms with Crippen molar-refractivity contribution >= 4 is 16.0 Å². The van der Waals surface area contributed by atoms with E-state index in [1.807, 2.05) is 0 Å². The first-order valence-electron chi connectivity index (χ1n) is 6.47. The van der Waals surface area contributed by atoms with Crippen molar-refractivity contribution in [2.75, 3.05) is 13.1 Å². The molecular formula is C13H17NO6S. The van der Waals surface area contributed by atoms with E-state index in [-0.39, 0.29) is 24.4 Å². The van der Waals surface area contributed by atoms with Gasteiger partial charge in [-0.15, -0.1) is 0 Å². The van der Waals surface area contributed by atoms with Gasteiger partial charge in [0.2, 0.25) is 10.0 Å². The van der Waals surface area contributed by atoms with Gasteiger partial charge < -0.3 is 15.3 Å². The molecular weight excluding hydrogens is 298 g/mol. The third-order valence-corrected chi connectivity index (χ3v) is 5.26. The molecule has 1 aromatic carbocycles. The summed E-state index contributed by atoms with van der Waals surface area (Å²) in [6.45, 7) is -0.269. The van der Waals surface area contributed by atoms with Gasteiger partial charge in [0.15, 0.2) is 0 Å². The van der Waals surface area contributed by atoms with Crippen LogP contribution in [0.3, 0.4) is 0 Å². The van der Waals surface area contributed by atoms with Crippen molar-refractivity contribution < 1.29 is 28.5 Å². The van der Waals surface area contributed by atoms with Crippen molar-refractivity contribution in [3.63, 3.8) is 0 Å². The molecule has 0 bridgehead atoms. The molecule has 0 aromatic heterocycles. The number of aliphatic hydroxyl groups excluding tert-OH is 2. The van der Waals surface area contributed by atoms with Crippen molar-refractivity contribution in [3.05, 3.63) is 29.8 Å².